The molecule has 3 saturated heterocycles. The number of nitrogens with one attached hydrogen (secondary N) is 1. The van der Waals surface area contributed by atoms with Gasteiger partial charge in [0.2, 0.25) is 5.91 Å². The van der Waals surface area contributed by atoms with Crippen molar-refractivity contribution in [2.24, 2.45) is 0 Å². The van der Waals surface area contributed by atoms with Crippen LogP contribution >= 0.6 is 0 Å². The average Bonchev–Trinajstić information content (AvgIpc) is 3.05. The fourth-order valence-corrected chi connectivity index (χ4v) is 3.50. The molecule has 0 unspecified atom stereocenters. The lowest BCUT2D eigenvalue weighted by Crippen LogP contribution is -2.43. The molecule has 3 fully saturated rings. The van der Waals surface area contributed by atoms with Crippen LogP contribution in [0.2, 0.25) is 0 Å². The number of carbonyl (C=O) groups is 1. The quantitative estimate of drug-likeness (QED) is 0.710. The molecule has 0 aromatic heterocycles. The maximum atomic E-state index is 12.3. The van der Waals surface area contributed by atoms with E-state index < -0.39 is 6.10 Å². The summed E-state index contributed by atoms with van der Waals surface area (Å²) in [5.41, 5.74) is 0. The Labute approximate surface area is 137 Å². The standard InChI is InChI=1S/C16H28N2O5/c1-10(2)17-9-13-15(20)16-12(23-13)7-11(22-16)8-14(19)18-3-5-21-6-4-18/h10-13,15-17,20H,3-9H2,1-2H3/t11-,12+,13+,15+,16-/m0/s1. The molecule has 0 saturated carbocycles. The summed E-state index contributed by atoms with van der Waals surface area (Å²) in [6, 6.07) is 0.353. The first-order chi connectivity index (χ1) is 11.0. The van der Waals surface area contributed by atoms with Gasteiger partial charge in [-0.15, -0.1) is 0 Å². The Morgan fingerprint density at radius 1 is 1.30 bits per heavy atom. The van der Waals surface area contributed by atoms with Gasteiger partial charge in [-0.2, -0.15) is 0 Å². The second-order valence-electron chi connectivity index (χ2n) is 6.92. The number of rotatable bonds is 5. The third-order valence-corrected chi connectivity index (χ3v) is 4.77. The molecule has 3 rings (SSSR count). The van der Waals surface area contributed by atoms with Gasteiger partial charge in [0.15, 0.2) is 0 Å². The molecule has 7 heteroatoms. The largest absolute Gasteiger partial charge is 0.388 e. The van der Waals surface area contributed by atoms with Crippen molar-refractivity contribution in [2.75, 3.05) is 32.8 Å². The lowest BCUT2D eigenvalue weighted by Gasteiger charge is -2.28. The van der Waals surface area contributed by atoms with Crippen LogP contribution in [0.3, 0.4) is 0 Å². The molecular weight excluding hydrogens is 300 g/mol. The Kier molecular flexibility index (Phi) is 5.53. The summed E-state index contributed by atoms with van der Waals surface area (Å²) in [6.07, 6.45) is -0.400. The molecule has 5 atom stereocenters. The predicted molar refractivity (Wildman–Crippen MR) is 83.1 cm³/mol. The predicted octanol–water partition coefficient (Wildman–Crippen LogP) is -0.481. The number of fused-ring (bicyclic) bond motifs is 1. The maximum absolute atomic E-state index is 12.3. The fraction of sp³-hybridized carbons (Fsp3) is 0.938. The highest BCUT2D eigenvalue weighted by Crippen LogP contribution is 2.35. The molecule has 3 heterocycles. The van der Waals surface area contributed by atoms with Gasteiger partial charge in [-0.1, -0.05) is 13.8 Å². The highest BCUT2D eigenvalue weighted by molar-refractivity contribution is 5.76. The highest BCUT2D eigenvalue weighted by atomic mass is 16.6. The molecule has 7 nitrogen and oxygen atoms in total. The second kappa shape index (κ2) is 7.44. The lowest BCUT2D eigenvalue weighted by atomic mass is 10.1. The van der Waals surface area contributed by atoms with E-state index in [1.165, 1.54) is 0 Å². The van der Waals surface area contributed by atoms with Crippen LogP contribution in [0.15, 0.2) is 0 Å². The number of ether oxygens (including phenoxy) is 3. The Morgan fingerprint density at radius 2 is 2.04 bits per heavy atom. The first-order valence-corrected chi connectivity index (χ1v) is 8.62. The van der Waals surface area contributed by atoms with Gasteiger partial charge in [-0.3, -0.25) is 4.79 Å². The first-order valence-electron chi connectivity index (χ1n) is 8.62. The molecule has 3 aliphatic heterocycles. The van der Waals surface area contributed by atoms with Crippen molar-refractivity contribution in [2.45, 2.75) is 63.3 Å². The topological polar surface area (TPSA) is 80.3 Å². The van der Waals surface area contributed by atoms with Gasteiger partial charge >= 0.3 is 0 Å². The molecule has 0 aromatic rings. The van der Waals surface area contributed by atoms with E-state index in [4.69, 9.17) is 14.2 Å². The molecule has 3 aliphatic rings. The van der Waals surface area contributed by atoms with Crippen LogP contribution in [0.4, 0.5) is 0 Å². The maximum Gasteiger partial charge on any atom is 0.225 e. The van der Waals surface area contributed by atoms with Crippen LogP contribution < -0.4 is 5.32 Å². The third-order valence-electron chi connectivity index (χ3n) is 4.77. The summed E-state index contributed by atoms with van der Waals surface area (Å²) >= 11 is 0. The van der Waals surface area contributed by atoms with Crippen LogP contribution in [0.5, 0.6) is 0 Å². The second-order valence-corrected chi connectivity index (χ2v) is 6.92. The number of carbonyl (C=O) groups excluding carboxylic acids is 1. The van der Waals surface area contributed by atoms with Crippen molar-refractivity contribution in [3.05, 3.63) is 0 Å². The minimum absolute atomic E-state index is 0.103. The molecular formula is C16H28N2O5. The molecule has 0 spiro atoms. The SMILES string of the molecule is CC(C)NC[C@H]1O[C@@H]2C[C@@H](CC(=O)N3CCOCC3)O[C@@H]2[C@@H]1O. The van der Waals surface area contributed by atoms with Crippen molar-refractivity contribution in [1.29, 1.82) is 0 Å². The van der Waals surface area contributed by atoms with Gasteiger partial charge < -0.3 is 29.5 Å². The summed E-state index contributed by atoms with van der Waals surface area (Å²) in [5, 5.41) is 13.7. The van der Waals surface area contributed by atoms with Crippen molar-refractivity contribution in [1.82, 2.24) is 10.2 Å². The molecule has 0 bridgehead atoms. The third kappa shape index (κ3) is 4.03. The van der Waals surface area contributed by atoms with Gasteiger partial charge in [-0.25, -0.2) is 0 Å². The molecule has 1 amide bonds. The molecule has 0 aliphatic carbocycles. The number of morpholine rings is 1. The summed E-state index contributed by atoms with van der Waals surface area (Å²) in [4.78, 5) is 14.1. The van der Waals surface area contributed by atoms with Crippen LogP contribution in [-0.2, 0) is 19.0 Å². The zero-order chi connectivity index (χ0) is 16.4. The normalized spacial score (nSPS) is 37.4. The van der Waals surface area contributed by atoms with Crippen molar-refractivity contribution >= 4 is 5.91 Å². The Balaban J connectivity index is 1.46. The molecule has 0 radical (unpaired) electrons. The smallest absolute Gasteiger partial charge is 0.225 e. The van der Waals surface area contributed by atoms with E-state index in [0.29, 0.717) is 51.7 Å². The summed E-state index contributed by atoms with van der Waals surface area (Å²) in [7, 11) is 0. The van der Waals surface area contributed by atoms with Crippen LogP contribution in [-0.4, -0.2) is 85.3 Å². The number of aliphatic hydroxyl groups excluding tert-OH is 1. The van der Waals surface area contributed by atoms with Crippen LogP contribution in [0.25, 0.3) is 0 Å². The van der Waals surface area contributed by atoms with E-state index in [-0.39, 0.29) is 30.3 Å². The van der Waals surface area contributed by atoms with Crippen molar-refractivity contribution < 1.29 is 24.1 Å². The molecule has 23 heavy (non-hydrogen) atoms. The minimum atomic E-state index is -0.630. The van der Waals surface area contributed by atoms with Gasteiger partial charge in [0.25, 0.3) is 0 Å². The van der Waals surface area contributed by atoms with Gasteiger partial charge in [-0.05, 0) is 0 Å². The van der Waals surface area contributed by atoms with Crippen LogP contribution in [0.1, 0.15) is 26.7 Å². The van der Waals surface area contributed by atoms with E-state index in [9.17, 15) is 9.90 Å². The number of hydrogen-bond donors (Lipinski definition) is 2. The van der Waals surface area contributed by atoms with Crippen molar-refractivity contribution in [3.63, 3.8) is 0 Å². The van der Waals surface area contributed by atoms with Gasteiger partial charge in [0, 0.05) is 32.1 Å². The zero-order valence-corrected chi connectivity index (χ0v) is 13.9. The summed E-state index contributed by atoms with van der Waals surface area (Å²) in [5.74, 6) is 0.103. The number of aliphatic hydroxyl groups is 1. The van der Waals surface area contributed by atoms with E-state index in [2.05, 4.69) is 19.2 Å². The van der Waals surface area contributed by atoms with Gasteiger partial charge in [0.1, 0.15) is 12.2 Å². The van der Waals surface area contributed by atoms with E-state index >= 15 is 0 Å². The fourth-order valence-electron chi connectivity index (χ4n) is 3.50. The minimum Gasteiger partial charge on any atom is -0.388 e. The summed E-state index contributed by atoms with van der Waals surface area (Å²) in [6.45, 7) is 7.26. The van der Waals surface area contributed by atoms with E-state index in [1.807, 2.05) is 4.90 Å². The zero-order valence-electron chi connectivity index (χ0n) is 13.9. The number of nitrogens with zero attached hydrogens (tertiary/aromatic N) is 1. The Morgan fingerprint density at radius 3 is 2.70 bits per heavy atom. The molecule has 132 valence electrons. The monoisotopic (exact) mass is 328 g/mol. The number of amides is 1. The van der Waals surface area contributed by atoms with E-state index in [1.54, 1.807) is 0 Å². The van der Waals surface area contributed by atoms with E-state index in [0.717, 1.165) is 0 Å². The van der Waals surface area contributed by atoms with Gasteiger partial charge in [0.05, 0.1) is 37.9 Å². The molecule has 2 N–H and O–H groups in total. The van der Waals surface area contributed by atoms with Crippen LogP contribution in [0, 0.1) is 0 Å². The Bertz CT molecular complexity index is 413. The highest BCUT2D eigenvalue weighted by Gasteiger charge is 2.50. The number of hydrogen-bond acceptors (Lipinski definition) is 6. The average molecular weight is 328 g/mol. The molecule has 0 aromatic carbocycles. The van der Waals surface area contributed by atoms with Crippen molar-refractivity contribution in [3.8, 4) is 0 Å². The first kappa shape index (κ1) is 17.1. The Hall–Kier alpha value is -0.730. The summed E-state index contributed by atoms with van der Waals surface area (Å²) < 4.78 is 17.1. The lowest BCUT2D eigenvalue weighted by molar-refractivity contribution is -0.138.